The Morgan fingerprint density at radius 1 is 1.10 bits per heavy atom. The monoisotopic (exact) mass is 408 g/mol. The lowest BCUT2D eigenvalue weighted by molar-refractivity contribution is -0.117. The number of carbonyl (C=O) groups is 2. The molecule has 0 radical (unpaired) electrons. The Morgan fingerprint density at radius 3 is 2.50 bits per heavy atom. The molecule has 0 saturated carbocycles. The van der Waals surface area contributed by atoms with Gasteiger partial charge in [0.2, 0.25) is 5.91 Å². The van der Waals surface area contributed by atoms with Crippen LogP contribution >= 0.6 is 0 Å². The lowest BCUT2D eigenvalue weighted by atomic mass is 10.00. The van der Waals surface area contributed by atoms with Crippen molar-refractivity contribution in [1.29, 1.82) is 0 Å². The number of anilines is 2. The van der Waals surface area contributed by atoms with Crippen LogP contribution in [0.5, 0.6) is 5.75 Å². The van der Waals surface area contributed by atoms with Crippen LogP contribution in [0.3, 0.4) is 0 Å². The van der Waals surface area contributed by atoms with E-state index in [1.165, 1.54) is 26.4 Å². The van der Waals surface area contributed by atoms with Crippen LogP contribution in [-0.2, 0) is 4.79 Å². The minimum atomic E-state index is -0.453. The van der Waals surface area contributed by atoms with Gasteiger partial charge in [-0.15, -0.1) is 0 Å². The first-order chi connectivity index (χ1) is 14.4. The lowest BCUT2D eigenvalue weighted by Crippen LogP contribution is -2.51. The van der Waals surface area contributed by atoms with Gasteiger partial charge in [-0.3, -0.25) is 9.59 Å². The number of amides is 2. The standard InChI is InChI=1S/C23H21FN2O4/c1-14-13-25(23(28)21-5-4-10-30-21)20-11-16(7-9-19(20)26(14)15(2)27)17-6-8-18(24)22(12-17)29-3/h4-12,14H,13H2,1-3H3. The maximum atomic E-state index is 13.8. The van der Waals surface area contributed by atoms with E-state index in [2.05, 4.69) is 0 Å². The average molecular weight is 408 g/mol. The molecule has 2 amide bonds. The topological polar surface area (TPSA) is 63.0 Å². The number of ether oxygens (including phenoxy) is 1. The lowest BCUT2D eigenvalue weighted by Gasteiger charge is -2.40. The molecule has 1 aliphatic rings. The van der Waals surface area contributed by atoms with Gasteiger partial charge in [0, 0.05) is 13.5 Å². The predicted molar refractivity (Wildman–Crippen MR) is 111 cm³/mol. The van der Waals surface area contributed by atoms with E-state index in [9.17, 15) is 14.0 Å². The van der Waals surface area contributed by atoms with E-state index in [0.717, 1.165) is 11.1 Å². The summed E-state index contributed by atoms with van der Waals surface area (Å²) in [6, 6.07) is 13.1. The minimum Gasteiger partial charge on any atom is -0.494 e. The SMILES string of the molecule is COc1cc(-c2ccc3c(c2)N(C(=O)c2ccco2)CC(C)N3C(C)=O)ccc1F. The molecule has 1 aliphatic heterocycles. The molecule has 2 aromatic carbocycles. The number of benzene rings is 2. The Morgan fingerprint density at radius 2 is 1.83 bits per heavy atom. The first-order valence-electron chi connectivity index (χ1n) is 9.54. The van der Waals surface area contributed by atoms with Gasteiger partial charge >= 0.3 is 0 Å². The largest absolute Gasteiger partial charge is 0.494 e. The summed E-state index contributed by atoms with van der Waals surface area (Å²) < 4.78 is 24.2. The van der Waals surface area contributed by atoms with Crippen LogP contribution in [0.25, 0.3) is 11.1 Å². The molecule has 6 nitrogen and oxygen atoms in total. The van der Waals surface area contributed by atoms with E-state index in [0.29, 0.717) is 17.9 Å². The number of methoxy groups -OCH3 is 1. The van der Waals surface area contributed by atoms with Crippen LogP contribution in [0, 0.1) is 5.82 Å². The van der Waals surface area contributed by atoms with Gasteiger partial charge in [0.15, 0.2) is 17.3 Å². The Bertz CT molecular complexity index is 1110. The van der Waals surface area contributed by atoms with Gasteiger partial charge in [-0.25, -0.2) is 4.39 Å². The summed E-state index contributed by atoms with van der Waals surface area (Å²) >= 11 is 0. The van der Waals surface area contributed by atoms with Crippen LogP contribution in [-0.4, -0.2) is 31.5 Å². The van der Waals surface area contributed by atoms with Gasteiger partial charge in [-0.2, -0.15) is 0 Å². The number of furan rings is 1. The molecule has 4 rings (SSSR count). The molecule has 1 aromatic heterocycles. The van der Waals surface area contributed by atoms with Crippen molar-refractivity contribution >= 4 is 23.2 Å². The Balaban J connectivity index is 1.85. The third-order valence-corrected chi connectivity index (χ3v) is 5.21. The molecule has 1 atom stereocenters. The fourth-order valence-electron chi connectivity index (χ4n) is 3.85. The van der Waals surface area contributed by atoms with Gasteiger partial charge in [-0.05, 0) is 54.4 Å². The zero-order chi connectivity index (χ0) is 21.4. The summed E-state index contributed by atoms with van der Waals surface area (Å²) in [5.74, 6) is -0.494. The Hall–Kier alpha value is -3.61. The third-order valence-electron chi connectivity index (χ3n) is 5.21. The summed E-state index contributed by atoms with van der Waals surface area (Å²) in [7, 11) is 1.41. The van der Waals surface area contributed by atoms with Gasteiger partial charge in [-0.1, -0.05) is 12.1 Å². The smallest absolute Gasteiger partial charge is 0.294 e. The number of hydrogen-bond donors (Lipinski definition) is 0. The first kappa shape index (κ1) is 19.7. The second-order valence-electron chi connectivity index (χ2n) is 7.18. The van der Waals surface area contributed by atoms with E-state index < -0.39 is 5.82 Å². The maximum absolute atomic E-state index is 13.8. The zero-order valence-corrected chi connectivity index (χ0v) is 16.9. The van der Waals surface area contributed by atoms with Gasteiger partial charge < -0.3 is 19.0 Å². The molecule has 3 aromatic rings. The fourth-order valence-corrected chi connectivity index (χ4v) is 3.85. The highest BCUT2D eigenvalue weighted by molar-refractivity contribution is 6.10. The highest BCUT2D eigenvalue weighted by atomic mass is 19.1. The van der Waals surface area contributed by atoms with Crippen LogP contribution in [0.2, 0.25) is 0 Å². The van der Waals surface area contributed by atoms with Crippen molar-refractivity contribution in [2.75, 3.05) is 23.5 Å². The Kier molecular flexibility index (Phi) is 5.03. The summed E-state index contributed by atoms with van der Waals surface area (Å²) in [6.45, 7) is 3.72. The number of carbonyl (C=O) groups excluding carboxylic acids is 2. The second-order valence-corrected chi connectivity index (χ2v) is 7.18. The molecule has 154 valence electrons. The van der Waals surface area contributed by atoms with Crippen LogP contribution in [0.1, 0.15) is 24.4 Å². The van der Waals surface area contributed by atoms with Crippen LogP contribution in [0.15, 0.2) is 59.2 Å². The normalized spacial score (nSPS) is 15.7. The maximum Gasteiger partial charge on any atom is 0.294 e. The van der Waals surface area contributed by atoms with Crippen molar-refractivity contribution in [3.8, 4) is 16.9 Å². The van der Waals surface area contributed by atoms with Gasteiger partial charge in [0.1, 0.15) is 0 Å². The molecule has 0 spiro atoms. The molecular formula is C23H21FN2O4. The third kappa shape index (κ3) is 3.32. The summed E-state index contributed by atoms with van der Waals surface area (Å²) in [4.78, 5) is 28.7. The van der Waals surface area contributed by atoms with E-state index >= 15 is 0 Å². The van der Waals surface area contributed by atoms with E-state index in [-0.39, 0.29) is 29.4 Å². The Labute approximate surface area is 173 Å². The molecular weight excluding hydrogens is 387 g/mol. The summed E-state index contributed by atoms with van der Waals surface area (Å²) in [6.07, 6.45) is 1.45. The highest BCUT2D eigenvalue weighted by Gasteiger charge is 2.35. The quantitative estimate of drug-likeness (QED) is 0.640. The summed E-state index contributed by atoms with van der Waals surface area (Å²) in [5.41, 5.74) is 2.72. The number of nitrogens with zero attached hydrogens (tertiary/aromatic N) is 2. The average Bonchev–Trinajstić information content (AvgIpc) is 3.27. The van der Waals surface area contributed by atoms with Crippen LogP contribution < -0.4 is 14.5 Å². The van der Waals surface area contributed by atoms with Crippen LogP contribution in [0.4, 0.5) is 15.8 Å². The van der Waals surface area contributed by atoms with Crippen molar-refractivity contribution in [2.24, 2.45) is 0 Å². The summed E-state index contributed by atoms with van der Waals surface area (Å²) in [5, 5.41) is 0. The van der Waals surface area contributed by atoms with E-state index in [4.69, 9.17) is 9.15 Å². The number of fused-ring (bicyclic) bond motifs is 1. The van der Waals surface area contributed by atoms with E-state index in [1.807, 2.05) is 19.1 Å². The molecule has 0 bridgehead atoms. The van der Waals surface area contributed by atoms with Crippen molar-refractivity contribution in [3.63, 3.8) is 0 Å². The van der Waals surface area contributed by atoms with Crippen molar-refractivity contribution in [3.05, 3.63) is 66.4 Å². The van der Waals surface area contributed by atoms with Crippen molar-refractivity contribution < 1.29 is 23.1 Å². The molecule has 0 fully saturated rings. The van der Waals surface area contributed by atoms with Crippen molar-refractivity contribution in [2.45, 2.75) is 19.9 Å². The van der Waals surface area contributed by atoms with Crippen molar-refractivity contribution in [1.82, 2.24) is 0 Å². The molecule has 0 saturated heterocycles. The molecule has 7 heteroatoms. The molecule has 0 N–H and O–H groups in total. The second kappa shape index (κ2) is 7.67. The molecule has 2 heterocycles. The number of halogens is 1. The highest BCUT2D eigenvalue weighted by Crippen LogP contribution is 2.40. The molecule has 30 heavy (non-hydrogen) atoms. The van der Waals surface area contributed by atoms with Gasteiger partial charge in [0.25, 0.3) is 5.91 Å². The minimum absolute atomic E-state index is 0.106. The van der Waals surface area contributed by atoms with Gasteiger partial charge in [0.05, 0.1) is 30.8 Å². The fraction of sp³-hybridized carbons (Fsp3) is 0.217. The zero-order valence-electron chi connectivity index (χ0n) is 16.9. The molecule has 1 unspecified atom stereocenters. The number of hydrogen-bond acceptors (Lipinski definition) is 4. The first-order valence-corrected chi connectivity index (χ1v) is 9.54. The predicted octanol–water partition coefficient (Wildman–Crippen LogP) is 4.50. The number of rotatable bonds is 3. The molecule has 0 aliphatic carbocycles. The van der Waals surface area contributed by atoms with E-state index in [1.54, 1.807) is 40.1 Å².